The summed E-state index contributed by atoms with van der Waals surface area (Å²) in [6, 6.07) is 12.5. The minimum absolute atomic E-state index is 0.305. The Morgan fingerprint density at radius 1 is 1.22 bits per heavy atom. The van der Waals surface area contributed by atoms with Gasteiger partial charge in [-0.1, -0.05) is 36.4 Å². The van der Waals surface area contributed by atoms with Crippen LogP contribution in [-0.4, -0.2) is 25.5 Å². The third-order valence-electron chi connectivity index (χ3n) is 3.41. The number of rotatable bonds is 5. The number of carbonyl (C=O) groups is 1. The first-order valence-corrected chi connectivity index (χ1v) is 7.18. The van der Waals surface area contributed by atoms with Crippen LogP contribution in [0.5, 0.6) is 0 Å². The predicted octanol–water partition coefficient (Wildman–Crippen LogP) is 1.62. The molecular formula is C17H16N4O2. The zero-order chi connectivity index (χ0) is 16.1. The molecule has 0 radical (unpaired) electrons. The zero-order valence-electron chi connectivity index (χ0n) is 12.3. The zero-order valence-corrected chi connectivity index (χ0v) is 12.3. The van der Waals surface area contributed by atoms with Crippen LogP contribution in [0.1, 0.15) is 17.2 Å². The Bertz CT molecular complexity index is 755. The molecule has 0 aliphatic rings. The van der Waals surface area contributed by atoms with E-state index < -0.39 is 12.0 Å². The van der Waals surface area contributed by atoms with Gasteiger partial charge in [-0.3, -0.25) is 9.36 Å². The summed E-state index contributed by atoms with van der Waals surface area (Å²) in [4.78, 5) is 20.3. The SMILES string of the molecule is O=C(NCc1ccc(-n2ccnc2)nc1)C(O)c1ccccc1. The average molecular weight is 308 g/mol. The lowest BCUT2D eigenvalue weighted by atomic mass is 10.1. The largest absolute Gasteiger partial charge is 0.378 e. The molecule has 3 rings (SSSR count). The third kappa shape index (κ3) is 3.61. The number of hydrogen-bond donors (Lipinski definition) is 2. The van der Waals surface area contributed by atoms with Crippen LogP contribution >= 0.6 is 0 Å². The Balaban J connectivity index is 1.59. The summed E-state index contributed by atoms with van der Waals surface area (Å²) in [7, 11) is 0. The van der Waals surface area contributed by atoms with E-state index in [1.165, 1.54) is 0 Å². The first kappa shape index (κ1) is 14.9. The van der Waals surface area contributed by atoms with E-state index in [9.17, 15) is 9.90 Å². The Hall–Kier alpha value is -2.99. The minimum Gasteiger partial charge on any atom is -0.378 e. The van der Waals surface area contributed by atoms with Crippen molar-refractivity contribution in [3.05, 3.63) is 78.5 Å². The number of imidazole rings is 1. The number of aliphatic hydroxyl groups is 1. The van der Waals surface area contributed by atoms with E-state index in [0.717, 1.165) is 11.4 Å². The molecular weight excluding hydrogens is 292 g/mol. The van der Waals surface area contributed by atoms with Gasteiger partial charge < -0.3 is 10.4 Å². The van der Waals surface area contributed by atoms with Gasteiger partial charge in [0.1, 0.15) is 12.1 Å². The van der Waals surface area contributed by atoms with Crippen molar-refractivity contribution in [2.24, 2.45) is 0 Å². The normalized spacial score (nSPS) is 11.9. The van der Waals surface area contributed by atoms with E-state index in [0.29, 0.717) is 12.1 Å². The van der Waals surface area contributed by atoms with Gasteiger partial charge in [0.2, 0.25) is 0 Å². The first-order valence-electron chi connectivity index (χ1n) is 7.18. The number of hydrogen-bond acceptors (Lipinski definition) is 4. The summed E-state index contributed by atoms with van der Waals surface area (Å²) in [6.45, 7) is 0.305. The summed E-state index contributed by atoms with van der Waals surface area (Å²) < 4.78 is 1.79. The van der Waals surface area contributed by atoms with E-state index in [4.69, 9.17) is 0 Å². The van der Waals surface area contributed by atoms with Crippen molar-refractivity contribution in [2.75, 3.05) is 0 Å². The van der Waals surface area contributed by atoms with Crippen molar-refractivity contribution >= 4 is 5.91 Å². The molecule has 23 heavy (non-hydrogen) atoms. The van der Waals surface area contributed by atoms with Gasteiger partial charge in [-0.2, -0.15) is 0 Å². The van der Waals surface area contributed by atoms with Gasteiger partial charge in [-0.05, 0) is 17.2 Å². The molecule has 2 aromatic heterocycles. The maximum absolute atomic E-state index is 12.0. The number of aromatic nitrogens is 3. The lowest BCUT2D eigenvalue weighted by Gasteiger charge is -2.11. The molecule has 0 fully saturated rings. The van der Waals surface area contributed by atoms with Crippen molar-refractivity contribution in [3.63, 3.8) is 0 Å². The fourth-order valence-corrected chi connectivity index (χ4v) is 2.14. The van der Waals surface area contributed by atoms with Crippen molar-refractivity contribution in [2.45, 2.75) is 12.6 Å². The lowest BCUT2D eigenvalue weighted by molar-refractivity contribution is -0.129. The monoisotopic (exact) mass is 308 g/mol. The standard InChI is InChI=1S/C17H16N4O2/c22-16(14-4-2-1-3-5-14)17(23)20-11-13-6-7-15(19-10-13)21-9-8-18-12-21/h1-10,12,16,22H,11H2,(H,20,23). The fourth-order valence-electron chi connectivity index (χ4n) is 2.14. The van der Waals surface area contributed by atoms with E-state index in [-0.39, 0.29) is 0 Å². The van der Waals surface area contributed by atoms with E-state index in [2.05, 4.69) is 15.3 Å². The van der Waals surface area contributed by atoms with Gasteiger partial charge in [0.15, 0.2) is 6.10 Å². The molecule has 0 bridgehead atoms. The number of benzene rings is 1. The summed E-state index contributed by atoms with van der Waals surface area (Å²) in [5, 5.41) is 12.7. The molecule has 3 aromatic rings. The molecule has 2 N–H and O–H groups in total. The topological polar surface area (TPSA) is 80.0 Å². The smallest absolute Gasteiger partial charge is 0.253 e. The van der Waals surface area contributed by atoms with Crippen LogP contribution in [0.25, 0.3) is 5.82 Å². The number of aliphatic hydroxyl groups excluding tert-OH is 1. The Morgan fingerprint density at radius 2 is 2.04 bits per heavy atom. The molecule has 1 atom stereocenters. The lowest BCUT2D eigenvalue weighted by Crippen LogP contribution is -2.28. The minimum atomic E-state index is -1.17. The number of carbonyl (C=O) groups excluding carboxylic acids is 1. The summed E-state index contributed by atoms with van der Waals surface area (Å²) in [6.07, 6.45) is 5.67. The van der Waals surface area contributed by atoms with Gasteiger partial charge >= 0.3 is 0 Å². The van der Waals surface area contributed by atoms with Crippen LogP contribution in [0, 0.1) is 0 Å². The Labute approximate surface area is 133 Å². The van der Waals surface area contributed by atoms with Gasteiger partial charge in [-0.25, -0.2) is 9.97 Å². The molecule has 2 heterocycles. The van der Waals surface area contributed by atoms with Crippen LogP contribution in [0.2, 0.25) is 0 Å². The van der Waals surface area contributed by atoms with Gasteiger partial charge in [0, 0.05) is 25.1 Å². The van der Waals surface area contributed by atoms with Crippen molar-refractivity contribution < 1.29 is 9.90 Å². The molecule has 1 unspecified atom stereocenters. The number of nitrogens with zero attached hydrogens (tertiary/aromatic N) is 3. The van der Waals surface area contributed by atoms with E-state index in [1.54, 1.807) is 53.8 Å². The van der Waals surface area contributed by atoms with Crippen LogP contribution < -0.4 is 5.32 Å². The molecule has 6 heteroatoms. The van der Waals surface area contributed by atoms with Crippen LogP contribution in [0.15, 0.2) is 67.4 Å². The second kappa shape index (κ2) is 6.85. The maximum Gasteiger partial charge on any atom is 0.253 e. The van der Waals surface area contributed by atoms with Crippen molar-refractivity contribution in [3.8, 4) is 5.82 Å². The number of nitrogens with one attached hydrogen (secondary N) is 1. The quantitative estimate of drug-likeness (QED) is 0.750. The Kier molecular flexibility index (Phi) is 4.44. The molecule has 1 amide bonds. The summed E-state index contributed by atoms with van der Waals surface area (Å²) >= 11 is 0. The molecule has 0 saturated heterocycles. The van der Waals surface area contributed by atoms with Gasteiger partial charge in [0.05, 0.1) is 0 Å². The van der Waals surface area contributed by atoms with Crippen molar-refractivity contribution in [1.82, 2.24) is 19.9 Å². The highest BCUT2D eigenvalue weighted by Gasteiger charge is 2.16. The molecule has 0 aliphatic carbocycles. The van der Waals surface area contributed by atoms with Crippen LogP contribution in [-0.2, 0) is 11.3 Å². The van der Waals surface area contributed by atoms with E-state index >= 15 is 0 Å². The predicted molar refractivity (Wildman–Crippen MR) is 84.6 cm³/mol. The average Bonchev–Trinajstić information content (AvgIpc) is 3.15. The van der Waals surface area contributed by atoms with Gasteiger partial charge in [-0.15, -0.1) is 0 Å². The number of pyridine rings is 1. The third-order valence-corrected chi connectivity index (χ3v) is 3.41. The number of amides is 1. The highest BCUT2D eigenvalue weighted by atomic mass is 16.3. The van der Waals surface area contributed by atoms with E-state index in [1.807, 2.05) is 18.2 Å². The molecule has 0 spiro atoms. The van der Waals surface area contributed by atoms with Crippen molar-refractivity contribution in [1.29, 1.82) is 0 Å². The Morgan fingerprint density at radius 3 is 2.70 bits per heavy atom. The molecule has 0 aliphatic heterocycles. The summed E-state index contributed by atoms with van der Waals surface area (Å²) in [5.41, 5.74) is 1.42. The molecule has 1 aromatic carbocycles. The fraction of sp³-hybridized carbons (Fsp3) is 0.118. The van der Waals surface area contributed by atoms with Gasteiger partial charge in [0.25, 0.3) is 5.91 Å². The second-order valence-electron chi connectivity index (χ2n) is 5.03. The molecule has 0 saturated carbocycles. The first-order chi connectivity index (χ1) is 11.2. The van der Waals surface area contributed by atoms with Crippen LogP contribution in [0.3, 0.4) is 0 Å². The molecule has 116 valence electrons. The molecule has 6 nitrogen and oxygen atoms in total. The summed E-state index contributed by atoms with van der Waals surface area (Å²) in [5.74, 6) is 0.316. The van der Waals surface area contributed by atoms with Crippen LogP contribution in [0.4, 0.5) is 0 Å². The highest BCUT2D eigenvalue weighted by Crippen LogP contribution is 2.12. The second-order valence-corrected chi connectivity index (χ2v) is 5.03. The maximum atomic E-state index is 12.0. The highest BCUT2D eigenvalue weighted by molar-refractivity contribution is 5.81.